The fourth-order valence-corrected chi connectivity index (χ4v) is 2.47. The Hall–Kier alpha value is -3.21. The summed E-state index contributed by atoms with van der Waals surface area (Å²) in [6, 6.07) is 13.4. The molecule has 1 aliphatic heterocycles. The maximum absolute atomic E-state index is 12.0. The molecule has 22 heavy (non-hydrogen) atoms. The summed E-state index contributed by atoms with van der Waals surface area (Å²) in [7, 11) is 0. The van der Waals surface area contributed by atoms with Gasteiger partial charge in [-0.25, -0.2) is 0 Å². The molecule has 0 saturated heterocycles. The van der Waals surface area contributed by atoms with Crippen LogP contribution in [0.1, 0.15) is 5.69 Å². The second-order valence-electron chi connectivity index (χ2n) is 4.97. The highest BCUT2D eigenvalue weighted by atomic mass is 16.2. The topological polar surface area (TPSA) is 66.9 Å². The number of anilines is 2. The molecule has 106 valence electrons. The summed E-state index contributed by atoms with van der Waals surface area (Å²) in [6.45, 7) is 0. The smallest absolute Gasteiger partial charge is 0.259 e. The summed E-state index contributed by atoms with van der Waals surface area (Å²) >= 11 is 0. The highest BCUT2D eigenvalue weighted by Gasteiger charge is 2.24. The predicted molar refractivity (Wildman–Crippen MR) is 86.2 cm³/mol. The highest BCUT2D eigenvalue weighted by molar-refractivity contribution is 6.31. The minimum absolute atomic E-state index is 0.149. The number of nitrogens with zero attached hydrogens (tertiary/aromatic N) is 2. The van der Waals surface area contributed by atoms with Crippen LogP contribution in [-0.2, 0) is 4.79 Å². The Labute approximate surface area is 126 Å². The van der Waals surface area contributed by atoms with E-state index in [1.165, 1.54) is 0 Å². The normalized spacial score (nSPS) is 14.9. The van der Waals surface area contributed by atoms with Gasteiger partial charge in [0.2, 0.25) is 0 Å². The van der Waals surface area contributed by atoms with Crippen LogP contribution in [0.4, 0.5) is 11.4 Å². The van der Waals surface area contributed by atoms with Crippen molar-refractivity contribution in [1.29, 1.82) is 0 Å². The van der Waals surface area contributed by atoms with Crippen LogP contribution in [-0.4, -0.2) is 15.9 Å². The largest absolute Gasteiger partial charge is 0.361 e. The molecule has 1 aromatic carbocycles. The van der Waals surface area contributed by atoms with E-state index in [1.807, 2.05) is 36.4 Å². The number of nitrogens with one attached hydrogen (secondary N) is 2. The van der Waals surface area contributed by atoms with Crippen LogP contribution in [0.2, 0.25) is 0 Å². The quantitative estimate of drug-likeness (QED) is 0.711. The second-order valence-corrected chi connectivity index (χ2v) is 4.97. The van der Waals surface area contributed by atoms with Crippen molar-refractivity contribution in [2.24, 2.45) is 0 Å². The van der Waals surface area contributed by atoms with Crippen LogP contribution in [0.5, 0.6) is 0 Å². The van der Waals surface area contributed by atoms with E-state index in [0.717, 1.165) is 22.3 Å². The zero-order chi connectivity index (χ0) is 14.9. The van der Waals surface area contributed by atoms with Crippen molar-refractivity contribution in [2.45, 2.75) is 0 Å². The van der Waals surface area contributed by atoms with Gasteiger partial charge in [0.15, 0.2) is 0 Å². The molecule has 1 amide bonds. The summed E-state index contributed by atoms with van der Waals surface area (Å²) < 4.78 is 0. The molecule has 4 rings (SSSR count). The number of aromatic nitrogens is 2. The van der Waals surface area contributed by atoms with E-state index >= 15 is 0 Å². The number of carbonyl (C=O) groups excluding carboxylic acids is 1. The van der Waals surface area contributed by atoms with Gasteiger partial charge >= 0.3 is 0 Å². The van der Waals surface area contributed by atoms with Crippen molar-refractivity contribution in [2.75, 3.05) is 10.6 Å². The monoisotopic (exact) mass is 288 g/mol. The third kappa shape index (κ3) is 2.09. The van der Waals surface area contributed by atoms with Crippen LogP contribution in [0.15, 0.2) is 61.1 Å². The molecule has 1 aliphatic rings. The average Bonchev–Trinajstić information content (AvgIpc) is 2.88. The van der Waals surface area contributed by atoms with Crippen molar-refractivity contribution >= 4 is 33.8 Å². The number of carbonyl (C=O) groups is 1. The molecule has 3 aromatic rings. The van der Waals surface area contributed by atoms with Gasteiger partial charge in [-0.3, -0.25) is 14.8 Å². The lowest BCUT2D eigenvalue weighted by molar-refractivity contribution is -0.110. The van der Waals surface area contributed by atoms with Crippen LogP contribution >= 0.6 is 0 Å². The van der Waals surface area contributed by atoms with Crippen LogP contribution in [0, 0.1) is 0 Å². The Morgan fingerprint density at radius 2 is 1.91 bits per heavy atom. The number of pyridine rings is 2. The lowest BCUT2D eigenvalue weighted by Gasteiger charge is -2.04. The third-order valence-corrected chi connectivity index (χ3v) is 3.54. The first-order valence-electron chi connectivity index (χ1n) is 6.89. The minimum Gasteiger partial charge on any atom is -0.361 e. The van der Waals surface area contributed by atoms with Gasteiger partial charge in [-0.2, -0.15) is 0 Å². The van der Waals surface area contributed by atoms with Gasteiger partial charge in [-0.1, -0.05) is 6.07 Å². The number of hydrogen-bond donors (Lipinski definition) is 2. The van der Waals surface area contributed by atoms with Crippen molar-refractivity contribution in [3.05, 3.63) is 66.8 Å². The second kappa shape index (κ2) is 4.96. The van der Waals surface area contributed by atoms with Gasteiger partial charge < -0.3 is 10.6 Å². The van der Waals surface area contributed by atoms with E-state index in [2.05, 4.69) is 20.6 Å². The maximum atomic E-state index is 12.0. The molecule has 5 heteroatoms. The summed E-state index contributed by atoms with van der Waals surface area (Å²) in [6.07, 6.45) is 5.13. The number of amides is 1. The summed E-state index contributed by atoms with van der Waals surface area (Å²) in [5.74, 6) is -0.149. The Morgan fingerprint density at radius 3 is 2.86 bits per heavy atom. The Morgan fingerprint density at radius 1 is 1.05 bits per heavy atom. The number of benzene rings is 1. The van der Waals surface area contributed by atoms with Gasteiger partial charge in [0.05, 0.1) is 16.8 Å². The standard InChI is InChI=1S/C17H12N4O/c22-17-13(16-15(21-17)4-2-8-19-16)10-20-12-5-6-14-11(9-12)3-1-7-18-14/h1-10,20H,(H,21,22). The molecule has 2 aromatic heterocycles. The molecule has 0 saturated carbocycles. The summed E-state index contributed by atoms with van der Waals surface area (Å²) in [5, 5.41) is 6.99. The summed E-state index contributed by atoms with van der Waals surface area (Å²) in [5.41, 5.74) is 3.77. The van der Waals surface area contributed by atoms with Crippen molar-refractivity contribution in [3.8, 4) is 0 Å². The zero-order valence-corrected chi connectivity index (χ0v) is 11.6. The predicted octanol–water partition coefficient (Wildman–Crippen LogP) is 3.03. The number of rotatable bonds is 2. The first-order valence-corrected chi connectivity index (χ1v) is 6.89. The first kappa shape index (κ1) is 12.5. The molecule has 0 bridgehead atoms. The summed E-state index contributed by atoms with van der Waals surface area (Å²) in [4.78, 5) is 20.5. The van der Waals surface area contributed by atoms with Crippen molar-refractivity contribution in [3.63, 3.8) is 0 Å². The average molecular weight is 288 g/mol. The van der Waals surface area contributed by atoms with Crippen LogP contribution < -0.4 is 10.6 Å². The molecule has 0 fully saturated rings. The van der Waals surface area contributed by atoms with Crippen molar-refractivity contribution in [1.82, 2.24) is 9.97 Å². The maximum Gasteiger partial charge on any atom is 0.259 e. The van der Waals surface area contributed by atoms with E-state index in [1.54, 1.807) is 24.7 Å². The molecule has 0 spiro atoms. The molecule has 3 heterocycles. The Balaban J connectivity index is 1.67. The number of fused-ring (bicyclic) bond motifs is 2. The van der Waals surface area contributed by atoms with E-state index in [0.29, 0.717) is 11.3 Å². The van der Waals surface area contributed by atoms with Crippen LogP contribution in [0.3, 0.4) is 0 Å². The molecule has 2 N–H and O–H groups in total. The fraction of sp³-hybridized carbons (Fsp3) is 0. The van der Waals surface area contributed by atoms with Gasteiger partial charge in [0.25, 0.3) is 5.91 Å². The zero-order valence-electron chi connectivity index (χ0n) is 11.6. The van der Waals surface area contributed by atoms with Crippen molar-refractivity contribution < 1.29 is 4.79 Å². The molecule has 5 nitrogen and oxygen atoms in total. The van der Waals surface area contributed by atoms with Crippen LogP contribution in [0.25, 0.3) is 16.5 Å². The molecular formula is C17H12N4O. The number of hydrogen-bond acceptors (Lipinski definition) is 4. The highest BCUT2D eigenvalue weighted by Crippen LogP contribution is 2.29. The van der Waals surface area contributed by atoms with Gasteiger partial charge in [0, 0.05) is 29.7 Å². The molecule has 0 unspecified atom stereocenters. The first-order chi connectivity index (χ1) is 10.8. The van der Waals surface area contributed by atoms with Gasteiger partial charge in [0.1, 0.15) is 5.69 Å². The Bertz CT molecular complexity index is 917. The fourth-order valence-electron chi connectivity index (χ4n) is 2.47. The molecule has 0 aliphatic carbocycles. The SMILES string of the molecule is O=C1Nc2cccnc2C1=CNc1ccc2ncccc2c1. The molecular weight excluding hydrogens is 276 g/mol. The van der Waals surface area contributed by atoms with E-state index in [4.69, 9.17) is 0 Å². The molecule has 0 atom stereocenters. The minimum atomic E-state index is -0.149. The van der Waals surface area contributed by atoms with Gasteiger partial charge in [-0.05, 0) is 36.4 Å². The van der Waals surface area contributed by atoms with E-state index in [-0.39, 0.29) is 5.91 Å². The van der Waals surface area contributed by atoms with Gasteiger partial charge in [-0.15, -0.1) is 0 Å². The lowest BCUT2D eigenvalue weighted by Crippen LogP contribution is -2.05. The van der Waals surface area contributed by atoms with E-state index in [9.17, 15) is 4.79 Å². The van der Waals surface area contributed by atoms with E-state index < -0.39 is 0 Å². The molecule has 0 radical (unpaired) electrons. The third-order valence-electron chi connectivity index (χ3n) is 3.54. The lowest BCUT2D eigenvalue weighted by atomic mass is 10.2. The Kier molecular flexibility index (Phi) is 2.83.